The maximum Gasteiger partial charge on any atom is 0.253 e. The molecule has 1 aromatic carbocycles. The molecule has 0 N–H and O–H groups in total. The summed E-state index contributed by atoms with van der Waals surface area (Å²) in [6.07, 6.45) is 1.87. The number of piperazine rings is 1. The van der Waals surface area contributed by atoms with E-state index in [-0.39, 0.29) is 11.9 Å². The van der Waals surface area contributed by atoms with Crippen molar-refractivity contribution in [3.05, 3.63) is 51.7 Å². The molecule has 0 aliphatic carbocycles. The minimum Gasteiger partial charge on any atom is -0.336 e. The number of benzene rings is 1. The van der Waals surface area contributed by atoms with Crippen LogP contribution in [0.2, 0.25) is 0 Å². The molecule has 0 bridgehead atoms. The number of hydrogen-bond acceptors (Lipinski definition) is 5. The van der Waals surface area contributed by atoms with Crippen molar-refractivity contribution in [3.8, 4) is 0 Å². The molecule has 28 heavy (non-hydrogen) atoms. The lowest BCUT2D eigenvalue weighted by atomic mass is 10.1. The smallest absolute Gasteiger partial charge is 0.253 e. The molecule has 1 aromatic heterocycles. The van der Waals surface area contributed by atoms with Gasteiger partial charge in [-0.05, 0) is 48.6 Å². The third-order valence-corrected chi connectivity index (χ3v) is 7.59. The Morgan fingerprint density at radius 1 is 1.18 bits per heavy atom. The maximum absolute atomic E-state index is 13.0. The second-order valence-corrected chi connectivity index (χ2v) is 10.5. The average Bonchev–Trinajstić information content (AvgIpc) is 3.27. The predicted molar refractivity (Wildman–Crippen MR) is 112 cm³/mol. The van der Waals surface area contributed by atoms with Gasteiger partial charge in [0, 0.05) is 49.2 Å². The van der Waals surface area contributed by atoms with E-state index in [1.165, 1.54) is 15.4 Å². The number of anilines is 1. The van der Waals surface area contributed by atoms with Crippen molar-refractivity contribution in [3.63, 3.8) is 0 Å². The molecular weight excluding hydrogens is 394 g/mol. The van der Waals surface area contributed by atoms with E-state index in [1.54, 1.807) is 23.5 Å². The molecule has 2 aliphatic heterocycles. The number of fused-ring (bicyclic) bond motifs is 1. The summed E-state index contributed by atoms with van der Waals surface area (Å²) in [6, 6.07) is 9.51. The van der Waals surface area contributed by atoms with Crippen LogP contribution in [0.1, 0.15) is 27.7 Å². The summed E-state index contributed by atoms with van der Waals surface area (Å²) >= 11 is 1.76. The van der Waals surface area contributed by atoms with E-state index in [4.69, 9.17) is 0 Å². The standard InChI is InChI=1S/C20H25N3O3S2/c1-15-12-17-13-16(5-6-19(17)23(15)28(2,25)26)20(24)22-9-7-21(8-10-22)14-18-4-3-11-27-18/h3-6,11,13,15H,7-10,12,14H2,1-2H3/t15-/m1/s1. The molecule has 3 heterocycles. The van der Waals surface area contributed by atoms with Crippen LogP contribution < -0.4 is 4.31 Å². The molecule has 0 saturated carbocycles. The van der Waals surface area contributed by atoms with Crippen LogP contribution in [0.3, 0.4) is 0 Å². The lowest BCUT2D eigenvalue weighted by Crippen LogP contribution is -2.48. The summed E-state index contributed by atoms with van der Waals surface area (Å²) in [7, 11) is -3.31. The zero-order chi connectivity index (χ0) is 19.9. The number of carbonyl (C=O) groups excluding carboxylic acids is 1. The van der Waals surface area contributed by atoms with Crippen LogP contribution in [0.5, 0.6) is 0 Å². The van der Waals surface area contributed by atoms with E-state index in [0.29, 0.717) is 30.8 Å². The van der Waals surface area contributed by atoms with E-state index in [0.717, 1.165) is 25.2 Å². The Morgan fingerprint density at radius 3 is 2.57 bits per heavy atom. The zero-order valence-corrected chi connectivity index (χ0v) is 17.8. The van der Waals surface area contributed by atoms with Crippen LogP contribution in [0, 0.1) is 0 Å². The van der Waals surface area contributed by atoms with Gasteiger partial charge in [0.15, 0.2) is 0 Å². The topological polar surface area (TPSA) is 60.9 Å². The first-order valence-corrected chi connectivity index (χ1v) is 12.2. The number of sulfonamides is 1. The number of carbonyl (C=O) groups is 1. The fourth-order valence-corrected chi connectivity index (χ4v) is 6.17. The molecule has 8 heteroatoms. The Kier molecular flexibility index (Phi) is 5.20. The van der Waals surface area contributed by atoms with E-state index in [9.17, 15) is 13.2 Å². The minimum absolute atomic E-state index is 0.0315. The van der Waals surface area contributed by atoms with Crippen molar-refractivity contribution in [2.45, 2.75) is 25.9 Å². The fraction of sp³-hybridized carbons (Fsp3) is 0.450. The Morgan fingerprint density at radius 2 is 1.93 bits per heavy atom. The molecule has 2 aromatic rings. The molecule has 4 rings (SSSR count). The molecule has 150 valence electrons. The Labute approximate surface area is 170 Å². The normalized spacial score (nSPS) is 20.4. The Balaban J connectivity index is 1.43. The molecule has 1 saturated heterocycles. The summed E-state index contributed by atoms with van der Waals surface area (Å²) in [5.74, 6) is 0.0315. The quantitative estimate of drug-likeness (QED) is 0.764. The molecule has 6 nitrogen and oxygen atoms in total. The van der Waals surface area contributed by atoms with Gasteiger partial charge in [-0.25, -0.2) is 8.42 Å². The van der Waals surface area contributed by atoms with Gasteiger partial charge in [0.2, 0.25) is 10.0 Å². The first-order valence-electron chi connectivity index (χ1n) is 9.49. The van der Waals surface area contributed by atoms with Gasteiger partial charge in [-0.2, -0.15) is 0 Å². The summed E-state index contributed by atoms with van der Waals surface area (Å²) in [4.78, 5) is 18.6. The summed E-state index contributed by atoms with van der Waals surface area (Å²) in [6.45, 7) is 6.01. The second-order valence-electron chi connectivity index (χ2n) is 7.60. The van der Waals surface area contributed by atoms with Crippen molar-refractivity contribution in [1.82, 2.24) is 9.80 Å². The highest BCUT2D eigenvalue weighted by Crippen LogP contribution is 2.35. The van der Waals surface area contributed by atoms with Gasteiger partial charge in [-0.1, -0.05) is 6.07 Å². The summed E-state index contributed by atoms with van der Waals surface area (Å²) in [5, 5.41) is 2.09. The fourth-order valence-electron chi connectivity index (χ4n) is 4.16. The highest BCUT2D eigenvalue weighted by molar-refractivity contribution is 7.92. The molecule has 0 unspecified atom stereocenters. The SMILES string of the molecule is C[C@@H]1Cc2cc(C(=O)N3CCN(Cc4cccs4)CC3)ccc2N1S(C)(=O)=O. The first kappa shape index (κ1) is 19.4. The number of hydrogen-bond donors (Lipinski definition) is 0. The van der Waals surface area contributed by atoms with Crippen LogP contribution in [-0.2, 0) is 23.0 Å². The summed E-state index contributed by atoms with van der Waals surface area (Å²) in [5.41, 5.74) is 2.28. The molecule has 1 fully saturated rings. The van der Waals surface area contributed by atoms with Crippen LogP contribution in [0.15, 0.2) is 35.7 Å². The van der Waals surface area contributed by atoms with Gasteiger partial charge < -0.3 is 4.90 Å². The Bertz CT molecular complexity index is 965. The van der Waals surface area contributed by atoms with Gasteiger partial charge in [0.25, 0.3) is 5.91 Å². The van der Waals surface area contributed by atoms with Crippen LogP contribution in [0.4, 0.5) is 5.69 Å². The lowest BCUT2D eigenvalue weighted by Gasteiger charge is -2.34. The van der Waals surface area contributed by atoms with Crippen LogP contribution in [0.25, 0.3) is 0 Å². The highest BCUT2D eigenvalue weighted by Gasteiger charge is 2.33. The van der Waals surface area contributed by atoms with Gasteiger partial charge in [0.05, 0.1) is 11.9 Å². The summed E-state index contributed by atoms with van der Waals surface area (Å²) < 4.78 is 25.6. The van der Waals surface area contributed by atoms with E-state index in [1.807, 2.05) is 17.9 Å². The van der Waals surface area contributed by atoms with Crippen molar-refractivity contribution >= 4 is 33.0 Å². The van der Waals surface area contributed by atoms with Crippen molar-refractivity contribution in [2.24, 2.45) is 0 Å². The largest absolute Gasteiger partial charge is 0.336 e. The van der Waals surface area contributed by atoms with Crippen LogP contribution in [-0.4, -0.2) is 62.6 Å². The van der Waals surface area contributed by atoms with Crippen molar-refractivity contribution < 1.29 is 13.2 Å². The Hall–Kier alpha value is -1.90. The van der Waals surface area contributed by atoms with Crippen molar-refractivity contribution in [2.75, 3.05) is 36.7 Å². The monoisotopic (exact) mass is 419 g/mol. The number of nitrogens with zero attached hydrogens (tertiary/aromatic N) is 3. The number of amides is 1. The highest BCUT2D eigenvalue weighted by atomic mass is 32.2. The maximum atomic E-state index is 13.0. The minimum atomic E-state index is -3.31. The average molecular weight is 420 g/mol. The van der Waals surface area contributed by atoms with E-state index >= 15 is 0 Å². The van der Waals surface area contributed by atoms with Crippen molar-refractivity contribution in [1.29, 1.82) is 0 Å². The third kappa shape index (κ3) is 3.81. The predicted octanol–water partition coefficient (Wildman–Crippen LogP) is 2.42. The zero-order valence-electron chi connectivity index (χ0n) is 16.2. The number of rotatable bonds is 4. The molecule has 1 atom stereocenters. The molecular formula is C20H25N3O3S2. The molecule has 1 amide bonds. The second kappa shape index (κ2) is 7.50. The van der Waals surface area contributed by atoms with Crippen LogP contribution >= 0.6 is 11.3 Å². The molecule has 0 radical (unpaired) electrons. The third-order valence-electron chi connectivity index (χ3n) is 5.46. The van der Waals surface area contributed by atoms with Gasteiger partial charge in [0.1, 0.15) is 0 Å². The number of thiophene rings is 1. The lowest BCUT2D eigenvalue weighted by molar-refractivity contribution is 0.0629. The molecule has 2 aliphatic rings. The van der Waals surface area contributed by atoms with Gasteiger partial charge in [-0.15, -0.1) is 11.3 Å². The van der Waals surface area contributed by atoms with E-state index in [2.05, 4.69) is 22.4 Å². The first-order chi connectivity index (χ1) is 13.3. The van der Waals surface area contributed by atoms with Gasteiger partial charge in [-0.3, -0.25) is 14.0 Å². The van der Waals surface area contributed by atoms with E-state index < -0.39 is 10.0 Å². The molecule has 0 spiro atoms. The van der Waals surface area contributed by atoms with Gasteiger partial charge >= 0.3 is 0 Å².